The molecule has 0 amide bonds. The van der Waals surface area contributed by atoms with Gasteiger partial charge in [-0.2, -0.15) is 0 Å². The van der Waals surface area contributed by atoms with Gasteiger partial charge in [0.05, 0.1) is 18.8 Å². The van der Waals surface area contributed by atoms with E-state index in [1.807, 2.05) is 6.92 Å². The van der Waals surface area contributed by atoms with Crippen LogP contribution in [0.5, 0.6) is 0 Å². The molecular formula is C19H34O7. The first kappa shape index (κ1) is 21.8. The lowest BCUT2D eigenvalue weighted by Gasteiger charge is -2.41. The minimum absolute atomic E-state index is 0.0649. The number of aliphatic hydroxyl groups excluding tert-OH is 5. The Labute approximate surface area is 155 Å². The molecule has 1 saturated heterocycles. The summed E-state index contributed by atoms with van der Waals surface area (Å²) in [6.07, 6.45) is -3.86. The Hall–Kier alpha value is -0.540. The third-order valence-corrected chi connectivity index (χ3v) is 5.64. The van der Waals surface area contributed by atoms with Crippen molar-refractivity contribution in [3.8, 4) is 0 Å². The van der Waals surface area contributed by atoms with Crippen LogP contribution in [0.15, 0.2) is 11.1 Å². The summed E-state index contributed by atoms with van der Waals surface area (Å²) in [6, 6.07) is 0. The minimum Gasteiger partial charge on any atom is -0.394 e. The van der Waals surface area contributed by atoms with Gasteiger partial charge >= 0.3 is 0 Å². The zero-order chi connectivity index (χ0) is 19.6. The average molecular weight is 374 g/mol. The van der Waals surface area contributed by atoms with Crippen LogP contribution in [0, 0.1) is 5.41 Å². The molecule has 1 fully saturated rings. The molecule has 1 aliphatic heterocycles. The van der Waals surface area contributed by atoms with E-state index >= 15 is 0 Å². The van der Waals surface area contributed by atoms with Crippen molar-refractivity contribution in [2.24, 2.45) is 5.41 Å². The molecule has 2 aliphatic rings. The molecule has 0 bridgehead atoms. The van der Waals surface area contributed by atoms with Crippen molar-refractivity contribution < 1.29 is 35.0 Å². The topological polar surface area (TPSA) is 120 Å². The predicted octanol–water partition coefficient (Wildman–Crippen LogP) is 0.469. The first-order valence-electron chi connectivity index (χ1n) is 9.40. The van der Waals surface area contributed by atoms with Crippen LogP contribution >= 0.6 is 0 Å². The second-order valence-electron chi connectivity index (χ2n) is 8.39. The van der Waals surface area contributed by atoms with Gasteiger partial charge in [-0.1, -0.05) is 25.0 Å². The maximum Gasteiger partial charge on any atom is 0.186 e. The van der Waals surface area contributed by atoms with E-state index in [4.69, 9.17) is 9.47 Å². The molecule has 152 valence electrons. The summed E-state index contributed by atoms with van der Waals surface area (Å²) in [5, 5.41) is 48.9. The fraction of sp³-hybridized carbons (Fsp3) is 0.895. The Balaban J connectivity index is 1.94. The third-order valence-electron chi connectivity index (χ3n) is 5.64. The Bertz CT molecular complexity index is 502. The predicted molar refractivity (Wildman–Crippen MR) is 95.3 cm³/mol. The van der Waals surface area contributed by atoms with Crippen LogP contribution in [-0.4, -0.2) is 75.1 Å². The molecule has 7 unspecified atom stereocenters. The number of allylic oxidation sites excluding steroid dienone is 1. The lowest BCUT2D eigenvalue weighted by molar-refractivity contribution is -0.310. The lowest BCUT2D eigenvalue weighted by atomic mass is 9.70. The fourth-order valence-corrected chi connectivity index (χ4v) is 4.21. The van der Waals surface area contributed by atoms with Gasteiger partial charge in [0.25, 0.3) is 0 Å². The quantitative estimate of drug-likeness (QED) is 0.429. The highest BCUT2D eigenvalue weighted by Crippen LogP contribution is 2.42. The van der Waals surface area contributed by atoms with Crippen LogP contribution in [0.3, 0.4) is 0 Å². The van der Waals surface area contributed by atoms with Crippen LogP contribution in [0.4, 0.5) is 0 Å². The SMILES string of the molecule is CC1=C(CCC(C)OC2OC(CO)C(O)C(O)C2O)C(C)(C)CC(O)C1. The molecule has 0 saturated carbocycles. The van der Waals surface area contributed by atoms with Gasteiger partial charge in [0.1, 0.15) is 24.4 Å². The maximum atomic E-state index is 10.1. The molecule has 0 aromatic heterocycles. The molecular weight excluding hydrogens is 340 g/mol. The van der Waals surface area contributed by atoms with Gasteiger partial charge in [-0.3, -0.25) is 0 Å². The third kappa shape index (κ3) is 4.84. The van der Waals surface area contributed by atoms with Crippen molar-refractivity contribution in [2.75, 3.05) is 6.61 Å². The van der Waals surface area contributed by atoms with Crippen LogP contribution < -0.4 is 0 Å². The van der Waals surface area contributed by atoms with Crippen molar-refractivity contribution in [2.45, 2.75) is 96.3 Å². The standard InChI is InChI=1S/C19H34O7/c1-10-7-12(21)8-19(3,4)13(10)6-5-11(2)25-18-17(24)16(23)15(22)14(9-20)26-18/h11-12,14-18,20-24H,5-9H2,1-4H3. The zero-order valence-corrected chi connectivity index (χ0v) is 16.1. The summed E-state index contributed by atoms with van der Waals surface area (Å²) >= 11 is 0. The van der Waals surface area contributed by atoms with Crippen molar-refractivity contribution in [3.05, 3.63) is 11.1 Å². The van der Waals surface area contributed by atoms with Crippen LogP contribution in [0.2, 0.25) is 0 Å². The van der Waals surface area contributed by atoms with Crippen molar-refractivity contribution in [3.63, 3.8) is 0 Å². The summed E-state index contributed by atoms with van der Waals surface area (Å²) < 4.78 is 11.1. The Kier molecular flexibility index (Phi) is 7.23. The van der Waals surface area contributed by atoms with E-state index in [-0.39, 0.29) is 17.6 Å². The highest BCUT2D eigenvalue weighted by atomic mass is 16.7. The first-order valence-corrected chi connectivity index (χ1v) is 9.40. The molecule has 7 atom stereocenters. The zero-order valence-electron chi connectivity index (χ0n) is 16.1. The number of aliphatic hydroxyl groups is 5. The van der Waals surface area contributed by atoms with Gasteiger partial charge in [-0.15, -0.1) is 0 Å². The van der Waals surface area contributed by atoms with Crippen LogP contribution in [-0.2, 0) is 9.47 Å². The van der Waals surface area contributed by atoms with E-state index in [1.54, 1.807) is 0 Å². The van der Waals surface area contributed by atoms with Crippen molar-refractivity contribution in [1.29, 1.82) is 0 Å². The Morgan fingerprint density at radius 3 is 2.38 bits per heavy atom. The highest BCUT2D eigenvalue weighted by Gasteiger charge is 2.44. The molecule has 26 heavy (non-hydrogen) atoms. The highest BCUT2D eigenvalue weighted by molar-refractivity contribution is 5.24. The molecule has 0 radical (unpaired) electrons. The summed E-state index contributed by atoms with van der Waals surface area (Å²) in [5.41, 5.74) is 2.48. The maximum absolute atomic E-state index is 10.1. The van der Waals surface area contributed by atoms with Crippen molar-refractivity contribution >= 4 is 0 Å². The van der Waals surface area contributed by atoms with E-state index in [2.05, 4.69) is 20.8 Å². The number of hydrogen-bond donors (Lipinski definition) is 5. The summed E-state index contributed by atoms with van der Waals surface area (Å²) in [4.78, 5) is 0. The van der Waals surface area contributed by atoms with Crippen LogP contribution in [0.25, 0.3) is 0 Å². The van der Waals surface area contributed by atoms with E-state index < -0.39 is 37.3 Å². The van der Waals surface area contributed by atoms with E-state index in [9.17, 15) is 25.5 Å². The monoisotopic (exact) mass is 374 g/mol. The lowest BCUT2D eigenvalue weighted by Crippen LogP contribution is -2.59. The molecule has 7 heteroatoms. The van der Waals surface area contributed by atoms with Gasteiger partial charge in [0.2, 0.25) is 0 Å². The number of hydrogen-bond acceptors (Lipinski definition) is 7. The normalized spacial score (nSPS) is 39.1. The molecule has 1 aliphatic carbocycles. The van der Waals surface area contributed by atoms with Crippen LogP contribution in [0.1, 0.15) is 53.4 Å². The second-order valence-corrected chi connectivity index (χ2v) is 8.39. The van der Waals surface area contributed by atoms with Crippen molar-refractivity contribution in [1.82, 2.24) is 0 Å². The summed E-state index contributed by atoms with van der Waals surface area (Å²) in [5.74, 6) is 0. The smallest absolute Gasteiger partial charge is 0.186 e. The number of ether oxygens (including phenoxy) is 2. The van der Waals surface area contributed by atoms with E-state index in [0.717, 1.165) is 12.8 Å². The largest absolute Gasteiger partial charge is 0.394 e. The van der Waals surface area contributed by atoms with Gasteiger partial charge in [0.15, 0.2) is 6.29 Å². The van der Waals surface area contributed by atoms with E-state index in [1.165, 1.54) is 11.1 Å². The van der Waals surface area contributed by atoms with Gasteiger partial charge < -0.3 is 35.0 Å². The molecule has 0 spiro atoms. The molecule has 0 aromatic carbocycles. The van der Waals surface area contributed by atoms with Gasteiger partial charge in [0, 0.05) is 0 Å². The van der Waals surface area contributed by atoms with Gasteiger partial charge in [-0.05, 0) is 44.9 Å². The molecule has 5 N–H and O–H groups in total. The summed E-state index contributed by atoms with van der Waals surface area (Å²) in [6.45, 7) is 7.72. The fourth-order valence-electron chi connectivity index (χ4n) is 4.21. The molecule has 1 heterocycles. The molecule has 0 aromatic rings. The second kappa shape index (κ2) is 8.65. The summed E-state index contributed by atoms with van der Waals surface area (Å²) in [7, 11) is 0. The Morgan fingerprint density at radius 1 is 1.15 bits per heavy atom. The number of rotatable bonds is 6. The minimum atomic E-state index is -1.43. The average Bonchev–Trinajstić information content (AvgIpc) is 2.53. The Morgan fingerprint density at radius 2 is 1.81 bits per heavy atom. The first-order chi connectivity index (χ1) is 12.1. The van der Waals surface area contributed by atoms with E-state index in [0.29, 0.717) is 12.8 Å². The molecule has 7 nitrogen and oxygen atoms in total. The molecule has 2 rings (SSSR count). The van der Waals surface area contributed by atoms with Gasteiger partial charge in [-0.25, -0.2) is 0 Å².